The molecule has 92 valence electrons. The molecule has 0 aromatic carbocycles. The molecule has 1 N–H and O–H groups in total. The molecular weight excluding hydrogens is 208 g/mol. The van der Waals surface area contributed by atoms with Crippen molar-refractivity contribution in [1.29, 1.82) is 0 Å². The summed E-state index contributed by atoms with van der Waals surface area (Å²) in [7, 11) is 0. The molecule has 4 nitrogen and oxygen atoms in total. The molecule has 0 atom stereocenters. The van der Waals surface area contributed by atoms with Crippen LogP contribution in [0.25, 0.3) is 0 Å². The van der Waals surface area contributed by atoms with Crippen molar-refractivity contribution in [2.24, 2.45) is 0 Å². The first-order valence-electron chi connectivity index (χ1n) is 5.76. The Kier molecular flexibility index (Phi) is 8.62. The number of carbonyl (C=O) groups excluding carboxylic acids is 3. The van der Waals surface area contributed by atoms with E-state index in [0.717, 1.165) is 12.8 Å². The van der Waals surface area contributed by atoms with Crippen molar-refractivity contribution in [1.82, 2.24) is 0 Å². The fraction of sp³-hybridized carbons (Fsp3) is 0.750. The van der Waals surface area contributed by atoms with Crippen LogP contribution in [0, 0.1) is 0 Å². The van der Waals surface area contributed by atoms with Crippen LogP contribution in [0.4, 0.5) is 0 Å². The summed E-state index contributed by atoms with van der Waals surface area (Å²) in [5, 5.41) is 8.45. The van der Waals surface area contributed by atoms with Gasteiger partial charge in [0.1, 0.15) is 18.2 Å². The third kappa shape index (κ3) is 8.29. The van der Waals surface area contributed by atoms with Crippen molar-refractivity contribution in [2.45, 2.75) is 51.9 Å². The Labute approximate surface area is 96.0 Å². The molecule has 0 spiro atoms. The van der Waals surface area contributed by atoms with Crippen LogP contribution in [0.2, 0.25) is 0 Å². The first-order chi connectivity index (χ1) is 7.60. The van der Waals surface area contributed by atoms with Crippen LogP contribution < -0.4 is 0 Å². The Morgan fingerprint density at radius 1 is 0.812 bits per heavy atom. The molecule has 0 aliphatic rings. The van der Waals surface area contributed by atoms with E-state index < -0.39 is 6.61 Å². The average Bonchev–Trinajstić information content (AvgIpc) is 2.30. The lowest BCUT2D eigenvalue weighted by atomic mass is 10.0. The third-order valence-electron chi connectivity index (χ3n) is 2.35. The lowest BCUT2D eigenvalue weighted by Crippen LogP contribution is -2.09. The highest BCUT2D eigenvalue weighted by Crippen LogP contribution is 2.04. The normalized spacial score (nSPS) is 10.1. The number of rotatable bonds is 10. The monoisotopic (exact) mass is 228 g/mol. The minimum Gasteiger partial charge on any atom is -0.389 e. The van der Waals surface area contributed by atoms with Gasteiger partial charge in [-0.05, 0) is 6.42 Å². The van der Waals surface area contributed by atoms with Gasteiger partial charge in [0.2, 0.25) is 0 Å². The van der Waals surface area contributed by atoms with Crippen molar-refractivity contribution in [3.05, 3.63) is 0 Å². The predicted molar refractivity (Wildman–Crippen MR) is 60.1 cm³/mol. The van der Waals surface area contributed by atoms with Crippen LogP contribution in [-0.4, -0.2) is 29.1 Å². The Balaban J connectivity index is 3.57. The van der Waals surface area contributed by atoms with E-state index >= 15 is 0 Å². The zero-order valence-electron chi connectivity index (χ0n) is 9.83. The van der Waals surface area contributed by atoms with Crippen LogP contribution in [-0.2, 0) is 14.4 Å². The maximum atomic E-state index is 11.3. The molecule has 0 bridgehead atoms. The van der Waals surface area contributed by atoms with Gasteiger partial charge in [-0.3, -0.25) is 14.4 Å². The number of Topliss-reactive ketones (excluding diaryl/α,β-unsaturated/α-hetero) is 3. The number of hydrogen-bond acceptors (Lipinski definition) is 4. The number of ketones is 3. The summed E-state index contributed by atoms with van der Waals surface area (Å²) in [6.45, 7) is 1.50. The zero-order chi connectivity index (χ0) is 12.4. The molecule has 0 aromatic heterocycles. The SMILES string of the molecule is CCCCC(=O)CCC(=O)CCC(=O)CO. The second-order valence-corrected chi connectivity index (χ2v) is 3.88. The van der Waals surface area contributed by atoms with E-state index in [-0.39, 0.29) is 43.0 Å². The molecule has 0 aliphatic heterocycles. The van der Waals surface area contributed by atoms with E-state index in [2.05, 4.69) is 0 Å². The minimum atomic E-state index is -0.511. The van der Waals surface area contributed by atoms with E-state index in [9.17, 15) is 14.4 Å². The third-order valence-corrected chi connectivity index (χ3v) is 2.35. The number of carbonyl (C=O) groups is 3. The van der Waals surface area contributed by atoms with Crippen LogP contribution >= 0.6 is 0 Å². The molecule has 0 amide bonds. The molecule has 0 unspecified atom stereocenters. The topological polar surface area (TPSA) is 71.4 Å². The lowest BCUT2D eigenvalue weighted by molar-refractivity contribution is -0.126. The van der Waals surface area contributed by atoms with Crippen molar-refractivity contribution < 1.29 is 19.5 Å². The zero-order valence-corrected chi connectivity index (χ0v) is 9.83. The highest BCUT2D eigenvalue weighted by atomic mass is 16.3. The number of unbranched alkanes of at least 4 members (excludes halogenated alkanes) is 1. The van der Waals surface area contributed by atoms with Crippen LogP contribution in [0.15, 0.2) is 0 Å². The lowest BCUT2D eigenvalue weighted by Gasteiger charge is -2.00. The molecule has 0 aromatic rings. The summed E-state index contributed by atoms with van der Waals surface area (Å²) in [5.41, 5.74) is 0. The Bertz CT molecular complexity index is 245. The van der Waals surface area contributed by atoms with E-state index in [1.807, 2.05) is 6.92 Å². The van der Waals surface area contributed by atoms with Crippen LogP contribution in [0.1, 0.15) is 51.9 Å². The molecule has 16 heavy (non-hydrogen) atoms. The van der Waals surface area contributed by atoms with Crippen LogP contribution in [0.3, 0.4) is 0 Å². The maximum absolute atomic E-state index is 11.3. The molecule has 0 radical (unpaired) electrons. The van der Waals surface area contributed by atoms with E-state index in [1.54, 1.807) is 0 Å². The Hall–Kier alpha value is -1.03. The van der Waals surface area contributed by atoms with E-state index in [4.69, 9.17) is 5.11 Å². The van der Waals surface area contributed by atoms with Crippen LogP contribution in [0.5, 0.6) is 0 Å². The smallest absolute Gasteiger partial charge is 0.158 e. The number of hydrogen-bond donors (Lipinski definition) is 1. The highest BCUT2D eigenvalue weighted by molar-refractivity contribution is 5.89. The van der Waals surface area contributed by atoms with Gasteiger partial charge in [0.05, 0.1) is 0 Å². The van der Waals surface area contributed by atoms with Gasteiger partial charge in [0, 0.05) is 32.1 Å². The Morgan fingerprint density at radius 2 is 1.25 bits per heavy atom. The predicted octanol–water partition coefficient (Wildman–Crippen LogP) is 1.44. The fourth-order valence-corrected chi connectivity index (χ4v) is 1.26. The average molecular weight is 228 g/mol. The largest absolute Gasteiger partial charge is 0.389 e. The summed E-state index contributed by atoms with van der Waals surface area (Å²) < 4.78 is 0. The quantitative estimate of drug-likeness (QED) is 0.614. The van der Waals surface area contributed by atoms with Gasteiger partial charge in [0.25, 0.3) is 0 Å². The van der Waals surface area contributed by atoms with Crippen molar-refractivity contribution in [3.8, 4) is 0 Å². The highest BCUT2D eigenvalue weighted by Gasteiger charge is 2.08. The standard InChI is InChI=1S/C12H20O4/c1-2-3-4-10(14)5-6-11(15)7-8-12(16)9-13/h13H,2-9H2,1H3. The fourth-order valence-electron chi connectivity index (χ4n) is 1.26. The molecule has 0 fully saturated rings. The first-order valence-corrected chi connectivity index (χ1v) is 5.76. The molecular formula is C12H20O4. The summed E-state index contributed by atoms with van der Waals surface area (Å²) in [6, 6.07) is 0. The first kappa shape index (κ1) is 15.0. The van der Waals surface area contributed by atoms with Gasteiger partial charge in [-0.15, -0.1) is 0 Å². The number of aliphatic hydroxyl groups excluding tert-OH is 1. The maximum Gasteiger partial charge on any atom is 0.158 e. The summed E-state index contributed by atoms with van der Waals surface area (Å²) >= 11 is 0. The summed E-state index contributed by atoms with van der Waals surface area (Å²) in [6.07, 6.45) is 3.12. The summed E-state index contributed by atoms with van der Waals surface area (Å²) in [4.78, 5) is 33.2. The molecule has 0 rings (SSSR count). The van der Waals surface area contributed by atoms with Gasteiger partial charge < -0.3 is 5.11 Å². The van der Waals surface area contributed by atoms with Crippen molar-refractivity contribution in [3.63, 3.8) is 0 Å². The summed E-state index contributed by atoms with van der Waals surface area (Å²) in [5.74, 6) is -0.291. The molecule has 4 heteroatoms. The van der Waals surface area contributed by atoms with Crippen molar-refractivity contribution >= 4 is 17.3 Å². The van der Waals surface area contributed by atoms with Gasteiger partial charge in [0.15, 0.2) is 5.78 Å². The Morgan fingerprint density at radius 3 is 1.69 bits per heavy atom. The van der Waals surface area contributed by atoms with E-state index in [0.29, 0.717) is 6.42 Å². The molecule has 0 saturated heterocycles. The molecule has 0 aliphatic carbocycles. The number of aliphatic hydroxyl groups is 1. The van der Waals surface area contributed by atoms with Gasteiger partial charge in [-0.2, -0.15) is 0 Å². The minimum absolute atomic E-state index is 0.0772. The van der Waals surface area contributed by atoms with Gasteiger partial charge in [-0.1, -0.05) is 13.3 Å². The van der Waals surface area contributed by atoms with Gasteiger partial charge in [-0.25, -0.2) is 0 Å². The molecule has 0 heterocycles. The second kappa shape index (κ2) is 9.21. The van der Waals surface area contributed by atoms with E-state index in [1.165, 1.54) is 0 Å². The molecule has 0 saturated carbocycles. The van der Waals surface area contributed by atoms with Crippen molar-refractivity contribution in [2.75, 3.05) is 6.61 Å². The second-order valence-electron chi connectivity index (χ2n) is 3.88. The van der Waals surface area contributed by atoms with Gasteiger partial charge >= 0.3 is 0 Å².